The first-order valence-electron chi connectivity index (χ1n) is 13.9. The maximum atomic E-state index is 13.8. The molecule has 1 fully saturated rings. The molecule has 5 aromatic rings. The van der Waals surface area contributed by atoms with Gasteiger partial charge in [0.15, 0.2) is 0 Å². The normalized spacial score (nSPS) is 13.1. The Morgan fingerprint density at radius 3 is 2.57 bits per heavy atom. The Morgan fingerprint density at radius 1 is 1.00 bits per heavy atom. The highest BCUT2D eigenvalue weighted by Gasteiger charge is 2.15. The summed E-state index contributed by atoms with van der Waals surface area (Å²) >= 11 is 4.56. The second-order valence-corrected chi connectivity index (χ2v) is 10.9. The molecule has 2 aromatic carbocycles. The molecule has 8 nitrogen and oxygen atoms in total. The minimum atomic E-state index is -0.229. The first kappa shape index (κ1) is 27.5. The van der Waals surface area contributed by atoms with E-state index in [9.17, 15) is 4.79 Å². The minimum Gasteiger partial charge on any atom is -0.369 e. The van der Waals surface area contributed by atoms with Crippen molar-refractivity contribution in [2.75, 3.05) is 36.4 Å². The number of hydrogen-bond donors (Lipinski definition) is 3. The van der Waals surface area contributed by atoms with Crippen molar-refractivity contribution in [3.05, 3.63) is 111 Å². The van der Waals surface area contributed by atoms with Gasteiger partial charge in [0.1, 0.15) is 5.65 Å². The molecule has 6 rings (SSSR count). The maximum Gasteiger partial charge on any atom is 0.268 e. The number of piperazine rings is 1. The van der Waals surface area contributed by atoms with Gasteiger partial charge in [-0.3, -0.25) is 14.3 Å². The van der Waals surface area contributed by atoms with Crippen molar-refractivity contribution in [1.82, 2.24) is 24.8 Å². The fourth-order valence-electron chi connectivity index (χ4n) is 5.07. The molecule has 1 aliphatic rings. The summed E-state index contributed by atoms with van der Waals surface area (Å²) in [6.07, 6.45) is 5.09. The van der Waals surface area contributed by atoms with E-state index in [1.165, 1.54) is 11.3 Å². The molecule has 1 saturated heterocycles. The number of aromatic nitrogens is 4. The number of nitrogens with one attached hydrogen (secondary N) is 2. The van der Waals surface area contributed by atoms with E-state index in [1.54, 1.807) is 29.2 Å². The number of thiol groups is 1. The lowest BCUT2D eigenvalue weighted by Gasteiger charge is -2.30. The van der Waals surface area contributed by atoms with Gasteiger partial charge in [-0.1, -0.05) is 29.5 Å². The van der Waals surface area contributed by atoms with Crippen LogP contribution in [0.2, 0.25) is 0 Å². The molecule has 0 unspecified atom stereocenters. The Morgan fingerprint density at radius 2 is 1.81 bits per heavy atom. The van der Waals surface area contributed by atoms with Gasteiger partial charge >= 0.3 is 0 Å². The van der Waals surface area contributed by atoms with Crippen LogP contribution in [0, 0.1) is 25.7 Å². The van der Waals surface area contributed by atoms with Gasteiger partial charge < -0.3 is 15.5 Å². The molecule has 0 saturated carbocycles. The monoisotopic (exact) mass is 573 g/mol. The lowest BCUT2D eigenvalue weighted by Crippen LogP contribution is -2.43. The molecule has 3 aromatic heterocycles. The van der Waals surface area contributed by atoms with E-state index >= 15 is 0 Å². The highest BCUT2D eigenvalue weighted by atomic mass is 32.1. The molecule has 0 amide bonds. The van der Waals surface area contributed by atoms with Crippen LogP contribution in [0.1, 0.15) is 27.8 Å². The lowest BCUT2D eigenvalue weighted by molar-refractivity contribution is 0.588. The van der Waals surface area contributed by atoms with E-state index in [-0.39, 0.29) is 12.1 Å². The Kier molecular flexibility index (Phi) is 7.91. The van der Waals surface area contributed by atoms with Crippen molar-refractivity contribution >= 4 is 41.0 Å². The number of hydrogen-bond acceptors (Lipinski definition) is 8. The standard InChI is InChI=1S/C33H31N7OS/c1-22-3-5-24(6-4-22)7-8-25-18-27-19-36-33(37-28-9-10-29(23(2)17-28)39-15-13-34-14-16-39)38-31(27)40(32(25)41)21-26-11-12-35-20-30(26)42/h3-6,9-12,17-20,34,42H,13-16,21H2,1-2H3,(H,36,37,38). The average Bonchev–Trinajstić information content (AvgIpc) is 3.00. The quantitative estimate of drug-likeness (QED) is 0.208. The highest BCUT2D eigenvalue weighted by Crippen LogP contribution is 2.26. The third kappa shape index (κ3) is 6.00. The fourth-order valence-corrected chi connectivity index (χ4v) is 5.29. The molecule has 42 heavy (non-hydrogen) atoms. The predicted octanol–water partition coefficient (Wildman–Crippen LogP) is 4.69. The second kappa shape index (κ2) is 12.1. The van der Waals surface area contributed by atoms with Crippen molar-refractivity contribution in [2.45, 2.75) is 25.3 Å². The summed E-state index contributed by atoms with van der Waals surface area (Å²) in [5, 5.41) is 7.45. The maximum absolute atomic E-state index is 13.8. The molecule has 9 heteroatoms. The molecule has 4 heterocycles. The molecule has 0 aliphatic carbocycles. The molecule has 0 radical (unpaired) electrons. The van der Waals surface area contributed by atoms with Gasteiger partial charge in [0.25, 0.3) is 5.56 Å². The van der Waals surface area contributed by atoms with E-state index in [0.717, 1.165) is 48.6 Å². The Balaban J connectivity index is 1.38. The lowest BCUT2D eigenvalue weighted by atomic mass is 10.1. The molecule has 0 atom stereocenters. The van der Waals surface area contributed by atoms with Crippen LogP contribution < -0.4 is 21.1 Å². The topological polar surface area (TPSA) is 88.0 Å². The van der Waals surface area contributed by atoms with Crippen LogP contribution in [0.5, 0.6) is 0 Å². The summed E-state index contributed by atoms with van der Waals surface area (Å²) in [5.41, 5.74) is 6.80. The van der Waals surface area contributed by atoms with Crippen molar-refractivity contribution in [2.24, 2.45) is 0 Å². The Labute approximate surface area is 250 Å². The van der Waals surface area contributed by atoms with Crippen molar-refractivity contribution < 1.29 is 0 Å². The summed E-state index contributed by atoms with van der Waals surface area (Å²) < 4.78 is 1.63. The van der Waals surface area contributed by atoms with Crippen LogP contribution in [0.4, 0.5) is 17.3 Å². The van der Waals surface area contributed by atoms with Gasteiger partial charge in [0.05, 0.1) is 12.1 Å². The molecule has 210 valence electrons. The molecular weight excluding hydrogens is 542 g/mol. The van der Waals surface area contributed by atoms with Crippen LogP contribution in [0.25, 0.3) is 11.0 Å². The predicted molar refractivity (Wildman–Crippen MR) is 171 cm³/mol. The van der Waals surface area contributed by atoms with E-state index in [1.807, 2.05) is 43.3 Å². The third-order valence-electron chi connectivity index (χ3n) is 7.35. The Hall–Kier alpha value is -4.65. The van der Waals surface area contributed by atoms with Crippen LogP contribution in [0.3, 0.4) is 0 Å². The van der Waals surface area contributed by atoms with E-state index < -0.39 is 0 Å². The van der Waals surface area contributed by atoms with Crippen molar-refractivity contribution in [1.29, 1.82) is 0 Å². The van der Waals surface area contributed by atoms with Gasteiger partial charge in [-0.05, 0) is 67.4 Å². The van der Waals surface area contributed by atoms with Crippen LogP contribution >= 0.6 is 12.6 Å². The second-order valence-electron chi connectivity index (χ2n) is 10.4. The van der Waals surface area contributed by atoms with Gasteiger partial charge in [0, 0.05) is 72.0 Å². The number of anilines is 3. The van der Waals surface area contributed by atoms with Crippen molar-refractivity contribution in [3.63, 3.8) is 0 Å². The minimum absolute atomic E-state index is 0.229. The highest BCUT2D eigenvalue weighted by molar-refractivity contribution is 7.80. The summed E-state index contributed by atoms with van der Waals surface area (Å²) in [6, 6.07) is 17.8. The Bertz CT molecular complexity index is 1880. The number of pyridine rings is 2. The molecular formula is C33H31N7OS. The first-order chi connectivity index (χ1) is 20.4. The first-order valence-corrected chi connectivity index (χ1v) is 14.3. The zero-order valence-corrected chi connectivity index (χ0v) is 24.4. The SMILES string of the molecule is Cc1ccc(C#Cc2cc3cnc(Nc4ccc(N5CCNCC5)c(C)c4)nc3n(Cc3ccncc3S)c2=O)cc1. The van der Waals surface area contributed by atoms with E-state index in [0.29, 0.717) is 27.4 Å². The zero-order valence-electron chi connectivity index (χ0n) is 23.6. The van der Waals surface area contributed by atoms with Gasteiger partial charge in [-0.15, -0.1) is 12.6 Å². The number of rotatable bonds is 5. The molecule has 1 aliphatic heterocycles. The third-order valence-corrected chi connectivity index (χ3v) is 7.75. The van der Waals surface area contributed by atoms with Crippen LogP contribution in [0.15, 0.2) is 82.9 Å². The molecule has 0 bridgehead atoms. The summed E-state index contributed by atoms with van der Waals surface area (Å²) in [5.74, 6) is 6.61. The van der Waals surface area contributed by atoms with Crippen LogP contribution in [-0.2, 0) is 6.54 Å². The zero-order chi connectivity index (χ0) is 29.1. The van der Waals surface area contributed by atoms with Gasteiger partial charge in [-0.2, -0.15) is 4.98 Å². The largest absolute Gasteiger partial charge is 0.369 e. The van der Waals surface area contributed by atoms with Crippen molar-refractivity contribution in [3.8, 4) is 11.8 Å². The average molecular weight is 574 g/mol. The van der Waals surface area contributed by atoms with E-state index in [4.69, 9.17) is 4.98 Å². The fraction of sp³-hybridized carbons (Fsp3) is 0.212. The number of nitrogens with zero attached hydrogens (tertiary/aromatic N) is 5. The van der Waals surface area contributed by atoms with Crippen LogP contribution in [-0.4, -0.2) is 45.7 Å². The summed E-state index contributed by atoms with van der Waals surface area (Å²) in [4.78, 5) is 30.4. The number of benzene rings is 2. The summed E-state index contributed by atoms with van der Waals surface area (Å²) in [6.45, 7) is 8.36. The molecule has 0 spiro atoms. The van der Waals surface area contributed by atoms with Gasteiger partial charge in [-0.25, -0.2) is 4.98 Å². The molecule has 2 N–H and O–H groups in total. The number of fused-ring (bicyclic) bond motifs is 1. The van der Waals surface area contributed by atoms with E-state index in [2.05, 4.69) is 69.0 Å². The number of aryl methyl sites for hydroxylation is 2. The van der Waals surface area contributed by atoms with Gasteiger partial charge in [0.2, 0.25) is 5.95 Å². The smallest absolute Gasteiger partial charge is 0.268 e. The summed E-state index contributed by atoms with van der Waals surface area (Å²) in [7, 11) is 0.